The van der Waals surface area contributed by atoms with Gasteiger partial charge in [-0.25, -0.2) is 0 Å². The molecule has 0 aromatic rings. The molecule has 0 saturated carbocycles. The molecule has 1 atom stereocenters. The van der Waals surface area contributed by atoms with Crippen LogP contribution in [0.4, 0.5) is 0 Å². The van der Waals surface area contributed by atoms with Gasteiger partial charge in [-0.3, -0.25) is 4.21 Å². The van der Waals surface area contributed by atoms with Crippen LogP contribution in [0.3, 0.4) is 0 Å². The molecule has 0 aliphatic carbocycles. The number of allylic oxidation sites excluding steroid dienone is 1. The Hall–Kier alpha value is -0.240. The molecule has 1 unspecified atom stereocenters. The molecule has 1 heterocycles. The SMILES string of the molecule is C=S1(=O)CC=C(C(C)(C)C)CC1. The van der Waals surface area contributed by atoms with Gasteiger partial charge in [0.1, 0.15) is 0 Å². The maximum atomic E-state index is 11.5. The average Bonchev–Trinajstić information content (AvgIpc) is 1.83. The molecule has 1 aliphatic rings. The fourth-order valence-electron chi connectivity index (χ4n) is 1.42. The van der Waals surface area contributed by atoms with E-state index >= 15 is 0 Å². The van der Waals surface area contributed by atoms with Gasteiger partial charge in [0, 0.05) is 11.5 Å². The molecule has 0 spiro atoms. The summed E-state index contributed by atoms with van der Waals surface area (Å²) in [6.45, 7) is 6.61. The Balaban J connectivity index is 2.82. The van der Waals surface area contributed by atoms with E-state index in [0.717, 1.165) is 12.2 Å². The highest BCUT2D eigenvalue weighted by atomic mass is 32.2. The molecule has 70 valence electrons. The number of hydrogen-bond acceptors (Lipinski definition) is 1. The largest absolute Gasteiger partial charge is 0.268 e. The van der Waals surface area contributed by atoms with E-state index in [2.05, 4.69) is 32.7 Å². The summed E-state index contributed by atoms with van der Waals surface area (Å²) in [6, 6.07) is 0. The van der Waals surface area contributed by atoms with Crippen molar-refractivity contribution >= 4 is 15.4 Å². The van der Waals surface area contributed by atoms with Gasteiger partial charge in [-0.05, 0) is 27.2 Å². The molecule has 0 bridgehead atoms. The smallest absolute Gasteiger partial charge is 0.0342 e. The fraction of sp³-hybridized carbons (Fsp3) is 0.700. The van der Waals surface area contributed by atoms with Crippen molar-refractivity contribution < 1.29 is 4.21 Å². The average molecular weight is 186 g/mol. The van der Waals surface area contributed by atoms with Crippen LogP contribution < -0.4 is 0 Å². The molecule has 1 rings (SSSR count). The van der Waals surface area contributed by atoms with Crippen LogP contribution in [-0.4, -0.2) is 21.6 Å². The molecule has 0 amide bonds. The first kappa shape index (κ1) is 9.85. The quantitative estimate of drug-likeness (QED) is 0.418. The summed E-state index contributed by atoms with van der Waals surface area (Å²) >= 11 is 0. The van der Waals surface area contributed by atoms with Crippen LogP contribution in [0.25, 0.3) is 0 Å². The van der Waals surface area contributed by atoms with Gasteiger partial charge in [0.2, 0.25) is 0 Å². The molecule has 1 nitrogen and oxygen atoms in total. The predicted molar refractivity (Wildman–Crippen MR) is 57.2 cm³/mol. The van der Waals surface area contributed by atoms with E-state index in [0.29, 0.717) is 5.75 Å². The second kappa shape index (κ2) is 2.91. The highest BCUT2D eigenvalue weighted by Gasteiger charge is 2.21. The highest BCUT2D eigenvalue weighted by molar-refractivity contribution is 8.00. The fourth-order valence-corrected chi connectivity index (χ4v) is 2.68. The molecule has 2 heteroatoms. The highest BCUT2D eigenvalue weighted by Crippen LogP contribution is 2.30. The zero-order valence-electron chi connectivity index (χ0n) is 8.22. The summed E-state index contributed by atoms with van der Waals surface area (Å²) in [5, 5.41) is 0. The van der Waals surface area contributed by atoms with E-state index in [1.165, 1.54) is 5.57 Å². The van der Waals surface area contributed by atoms with E-state index in [9.17, 15) is 4.21 Å². The van der Waals surface area contributed by atoms with Crippen LogP contribution in [-0.2, 0) is 9.52 Å². The van der Waals surface area contributed by atoms with Crippen molar-refractivity contribution in [2.24, 2.45) is 5.41 Å². The molecule has 0 aromatic heterocycles. The van der Waals surface area contributed by atoms with Gasteiger partial charge in [0.05, 0.1) is 0 Å². The summed E-state index contributed by atoms with van der Waals surface area (Å²) in [5.74, 6) is 5.18. The molecular weight excluding hydrogens is 168 g/mol. The third-order valence-electron chi connectivity index (χ3n) is 2.34. The van der Waals surface area contributed by atoms with Crippen LogP contribution >= 0.6 is 0 Å². The van der Waals surface area contributed by atoms with Crippen molar-refractivity contribution in [1.29, 1.82) is 0 Å². The summed E-state index contributed by atoms with van der Waals surface area (Å²) in [5.41, 5.74) is 1.68. The molecule has 1 aliphatic heterocycles. The molecular formula is C10H18OS. The van der Waals surface area contributed by atoms with Gasteiger partial charge < -0.3 is 0 Å². The first-order valence-corrected chi connectivity index (χ1v) is 6.40. The van der Waals surface area contributed by atoms with Crippen LogP contribution in [0, 0.1) is 5.41 Å². The molecule has 0 aromatic carbocycles. The minimum absolute atomic E-state index is 0.246. The lowest BCUT2D eigenvalue weighted by Gasteiger charge is -2.27. The third-order valence-corrected chi connectivity index (χ3v) is 4.06. The van der Waals surface area contributed by atoms with E-state index in [-0.39, 0.29) is 5.41 Å². The molecule has 0 N–H and O–H groups in total. The summed E-state index contributed by atoms with van der Waals surface area (Å²) < 4.78 is 11.5. The zero-order chi connectivity index (χ0) is 9.41. The lowest BCUT2D eigenvalue weighted by atomic mass is 9.85. The van der Waals surface area contributed by atoms with Crippen molar-refractivity contribution in [3.63, 3.8) is 0 Å². The lowest BCUT2D eigenvalue weighted by Crippen LogP contribution is -2.21. The summed E-state index contributed by atoms with van der Waals surface area (Å²) in [6.07, 6.45) is 3.09. The van der Waals surface area contributed by atoms with Gasteiger partial charge in [-0.15, -0.1) is 0 Å². The van der Waals surface area contributed by atoms with E-state index < -0.39 is 9.52 Å². The van der Waals surface area contributed by atoms with Gasteiger partial charge in [-0.2, -0.15) is 0 Å². The second-order valence-electron chi connectivity index (χ2n) is 4.57. The second-order valence-corrected chi connectivity index (χ2v) is 7.24. The van der Waals surface area contributed by atoms with Gasteiger partial charge in [0.15, 0.2) is 0 Å². The van der Waals surface area contributed by atoms with E-state index in [1.807, 2.05) is 0 Å². The molecule has 12 heavy (non-hydrogen) atoms. The molecule has 0 saturated heterocycles. The van der Waals surface area contributed by atoms with Crippen molar-refractivity contribution in [3.05, 3.63) is 11.6 Å². The van der Waals surface area contributed by atoms with Crippen LogP contribution in [0.15, 0.2) is 11.6 Å². The minimum Gasteiger partial charge on any atom is -0.268 e. The maximum absolute atomic E-state index is 11.5. The van der Waals surface area contributed by atoms with Crippen molar-refractivity contribution in [3.8, 4) is 0 Å². The van der Waals surface area contributed by atoms with Crippen LogP contribution in [0.1, 0.15) is 27.2 Å². The van der Waals surface area contributed by atoms with Gasteiger partial charge in [-0.1, -0.05) is 32.4 Å². The lowest BCUT2D eigenvalue weighted by molar-refractivity contribution is 0.486. The zero-order valence-corrected chi connectivity index (χ0v) is 9.04. The standard InChI is InChI=1S/C10H18OS/c1-10(2,3)9-5-7-12(4,11)8-6-9/h5H,4,6-8H2,1-3H3. The Kier molecular flexibility index (Phi) is 2.39. The van der Waals surface area contributed by atoms with Gasteiger partial charge in [0.25, 0.3) is 0 Å². The first-order valence-electron chi connectivity index (χ1n) is 4.33. The van der Waals surface area contributed by atoms with Crippen molar-refractivity contribution in [1.82, 2.24) is 0 Å². The van der Waals surface area contributed by atoms with Crippen LogP contribution in [0.5, 0.6) is 0 Å². The Morgan fingerprint density at radius 1 is 1.50 bits per heavy atom. The first-order chi connectivity index (χ1) is 5.31. The van der Waals surface area contributed by atoms with E-state index in [4.69, 9.17) is 0 Å². The van der Waals surface area contributed by atoms with E-state index in [1.54, 1.807) is 0 Å². The maximum Gasteiger partial charge on any atom is 0.0342 e. The third kappa shape index (κ3) is 2.37. The monoisotopic (exact) mass is 186 g/mol. The molecule has 0 radical (unpaired) electrons. The number of hydrogen-bond donors (Lipinski definition) is 0. The van der Waals surface area contributed by atoms with Crippen molar-refractivity contribution in [2.45, 2.75) is 27.2 Å². The summed E-state index contributed by atoms with van der Waals surface area (Å²) in [4.78, 5) is 0. The normalized spacial score (nSPS) is 31.4. The number of rotatable bonds is 0. The van der Waals surface area contributed by atoms with Gasteiger partial charge >= 0.3 is 0 Å². The topological polar surface area (TPSA) is 17.1 Å². The van der Waals surface area contributed by atoms with Crippen LogP contribution in [0.2, 0.25) is 0 Å². The predicted octanol–water partition coefficient (Wildman–Crippen LogP) is 2.08. The Labute approximate surface area is 75.9 Å². The molecule has 0 fully saturated rings. The Morgan fingerprint density at radius 2 is 2.08 bits per heavy atom. The Morgan fingerprint density at radius 3 is 2.42 bits per heavy atom. The Bertz CT molecular complexity index is 288. The summed E-state index contributed by atoms with van der Waals surface area (Å²) in [7, 11) is -1.75. The minimum atomic E-state index is -1.75. The van der Waals surface area contributed by atoms with Crippen molar-refractivity contribution in [2.75, 3.05) is 11.5 Å².